The third-order valence-electron chi connectivity index (χ3n) is 11.3. The minimum Gasteiger partial charge on any atom is -0.386 e. The number of aliphatic hydroxyl groups excluding tert-OH is 1. The lowest BCUT2D eigenvalue weighted by atomic mass is 10.0. The molecule has 1 aliphatic heterocycles. The monoisotopic (exact) mass is 1100 g/mol. The van der Waals surface area contributed by atoms with Gasteiger partial charge in [0.15, 0.2) is 0 Å². The first kappa shape index (κ1) is 51.1. The van der Waals surface area contributed by atoms with Gasteiger partial charge in [-0.25, -0.2) is 34.9 Å². The summed E-state index contributed by atoms with van der Waals surface area (Å²) in [4.78, 5) is 103. The second-order valence-corrected chi connectivity index (χ2v) is 22.5. The van der Waals surface area contributed by atoms with Crippen LogP contribution in [-0.4, -0.2) is 90.2 Å². The maximum atomic E-state index is 14.2. The van der Waals surface area contributed by atoms with Crippen LogP contribution in [-0.2, 0) is 20.9 Å². The van der Waals surface area contributed by atoms with Gasteiger partial charge in [-0.05, 0) is 30.5 Å². The van der Waals surface area contributed by atoms with Gasteiger partial charge in [-0.2, -0.15) is 0 Å². The zero-order valence-electron chi connectivity index (χ0n) is 39.4. The molecular weight excluding hydrogens is 1050 g/mol. The van der Waals surface area contributed by atoms with Crippen molar-refractivity contribution in [3.8, 4) is 43.4 Å². The minimum absolute atomic E-state index is 0.0147. The molecule has 8 heterocycles. The van der Waals surface area contributed by atoms with Crippen molar-refractivity contribution in [1.29, 1.82) is 0 Å². The molecule has 8 N–H and O–H groups in total. The van der Waals surface area contributed by atoms with Crippen LogP contribution < -0.4 is 32.3 Å². The van der Waals surface area contributed by atoms with Crippen molar-refractivity contribution in [3.63, 3.8) is 0 Å². The number of carbonyl (C=O) groups is 5. The van der Waals surface area contributed by atoms with Gasteiger partial charge in [-0.3, -0.25) is 24.0 Å². The molecule has 1 unspecified atom stereocenters. The Morgan fingerprint density at radius 2 is 1.44 bits per heavy atom. The zero-order chi connectivity index (χ0) is 51.5. The van der Waals surface area contributed by atoms with Crippen LogP contribution in [0.15, 0.2) is 64.0 Å². The molecule has 73 heavy (non-hydrogen) atoms. The number of benzene rings is 1. The molecular formula is C47H45N13O7S6. The number of pyridine rings is 1. The highest BCUT2D eigenvalue weighted by molar-refractivity contribution is 7.15. The number of hydrogen-bond acceptors (Lipinski definition) is 21. The summed E-state index contributed by atoms with van der Waals surface area (Å²) in [6.45, 7) is 5.04. The number of methoxy groups -OCH3 is 1. The lowest BCUT2D eigenvalue weighted by molar-refractivity contribution is -0.122. The molecule has 8 aromatic rings. The number of aromatic nitrogens is 7. The topological polar surface area (TPSA) is 291 Å². The molecule has 10 bridgehead atoms. The Balaban J connectivity index is 1.13. The van der Waals surface area contributed by atoms with Crippen molar-refractivity contribution in [2.24, 2.45) is 5.92 Å². The highest BCUT2D eigenvalue weighted by Gasteiger charge is 2.32. The number of amides is 5. The number of nitrogens with zero attached hydrogens (tertiary/aromatic N) is 7. The summed E-state index contributed by atoms with van der Waals surface area (Å²) in [5, 5.41) is 35.5. The van der Waals surface area contributed by atoms with E-state index >= 15 is 0 Å². The largest absolute Gasteiger partial charge is 0.386 e. The Morgan fingerprint density at radius 3 is 2.18 bits per heavy atom. The van der Waals surface area contributed by atoms with Gasteiger partial charge in [0.05, 0.1) is 42.2 Å². The molecule has 0 saturated carbocycles. The molecule has 0 aliphatic carbocycles. The maximum absolute atomic E-state index is 14.2. The number of rotatable bonds is 8. The molecule has 1 aromatic carbocycles. The number of nitrogens with two attached hydrogens (primary N) is 1. The standard InChI is InChI=1S/C47H45N13O7S6/c1-20(2)33-47-60-36(29(73-47)15-67-5)40(65)50-14-32(62)57-37(38(63)22-9-7-6-8-10-22)46-55-28(18-70-46)44-53-26(16-69-44)35-23(11-12-24(51-35)43-56-30(48)19-71-43)42-54-27(17-68-42)39(64)52-25(13-31(61)49-4)45-59-34(21(3)72-45)41(66)58-33/h6-12,16-20,25,33,37-38,63H,13-15,48H2,1-5H3,(H,49,61)(H,50,65)(H,52,64)(H,57,62)(H,58,66)/t25-,33?,37-,38-/m0/s1. The Morgan fingerprint density at radius 1 is 0.726 bits per heavy atom. The van der Waals surface area contributed by atoms with Gasteiger partial charge < -0.3 is 42.2 Å². The van der Waals surface area contributed by atoms with Gasteiger partial charge in [-0.1, -0.05) is 44.2 Å². The van der Waals surface area contributed by atoms with Crippen molar-refractivity contribution in [2.75, 3.05) is 26.4 Å². The van der Waals surface area contributed by atoms with E-state index in [1.807, 2.05) is 31.4 Å². The number of nitrogen functional groups attached to an aromatic ring is 1. The first-order valence-electron chi connectivity index (χ1n) is 22.4. The molecule has 9 rings (SSSR count). The van der Waals surface area contributed by atoms with E-state index in [-0.39, 0.29) is 41.9 Å². The highest BCUT2D eigenvalue weighted by atomic mass is 32.1. The van der Waals surface area contributed by atoms with Crippen LogP contribution in [0.5, 0.6) is 0 Å². The first-order valence-corrected chi connectivity index (χ1v) is 27.5. The molecule has 0 spiro atoms. The third-order valence-corrected chi connectivity index (χ3v) is 17.0. The van der Waals surface area contributed by atoms with Gasteiger partial charge in [0.2, 0.25) is 11.8 Å². The molecule has 26 heteroatoms. The quantitative estimate of drug-likeness (QED) is 0.0815. The molecule has 4 atom stereocenters. The molecule has 0 radical (unpaired) electrons. The summed E-state index contributed by atoms with van der Waals surface area (Å²) in [5.41, 5.74) is 9.16. The van der Waals surface area contributed by atoms with E-state index in [9.17, 15) is 29.1 Å². The number of thiazole rings is 6. The molecule has 7 aromatic heterocycles. The number of carbonyl (C=O) groups excluding carboxylic acids is 5. The molecule has 1 aliphatic rings. The van der Waals surface area contributed by atoms with Crippen molar-refractivity contribution < 1.29 is 33.8 Å². The number of ether oxygens (including phenoxy) is 1. The summed E-state index contributed by atoms with van der Waals surface area (Å²) >= 11 is 7.40. The summed E-state index contributed by atoms with van der Waals surface area (Å²) in [7, 11) is 2.96. The van der Waals surface area contributed by atoms with E-state index in [4.69, 9.17) is 30.4 Å². The average molecular weight is 1100 g/mol. The summed E-state index contributed by atoms with van der Waals surface area (Å²) in [6, 6.07) is 9.76. The Bertz CT molecular complexity index is 3340. The summed E-state index contributed by atoms with van der Waals surface area (Å²) in [6.07, 6.45) is -1.43. The van der Waals surface area contributed by atoms with Crippen molar-refractivity contribution in [3.05, 3.63) is 111 Å². The summed E-state index contributed by atoms with van der Waals surface area (Å²) < 4.78 is 5.44. The number of hydrogen-bond donors (Lipinski definition) is 7. The van der Waals surface area contributed by atoms with Crippen molar-refractivity contribution >= 4 is 103 Å². The second-order valence-electron chi connectivity index (χ2n) is 16.7. The SMILES string of the molecule is CNC(=O)C[C@@H]1NC(=O)c2csc(n2)-c2ccc(-c3nc(N)cs3)nc2-c2csc(n2)-c2csc(n2)[C@H]([C@@H](O)c2ccccc2)NC(=O)CNC(=O)c2nc(sc2COC)C(C(C)C)NC(=O)c2nc1sc2C. The van der Waals surface area contributed by atoms with E-state index in [1.165, 1.54) is 70.8 Å². The highest BCUT2D eigenvalue weighted by Crippen LogP contribution is 2.40. The van der Waals surface area contributed by atoms with E-state index in [1.54, 1.807) is 53.4 Å². The Labute approximate surface area is 441 Å². The zero-order valence-corrected chi connectivity index (χ0v) is 44.3. The predicted molar refractivity (Wildman–Crippen MR) is 281 cm³/mol. The number of aliphatic hydroxyl groups is 1. The fourth-order valence-corrected chi connectivity index (χ4v) is 13.0. The third kappa shape index (κ3) is 11.2. The lowest BCUT2D eigenvalue weighted by Gasteiger charge is -2.23. The van der Waals surface area contributed by atoms with Crippen LogP contribution in [0.3, 0.4) is 0 Å². The predicted octanol–water partition coefficient (Wildman–Crippen LogP) is 6.89. The lowest BCUT2D eigenvalue weighted by Crippen LogP contribution is -2.40. The van der Waals surface area contributed by atoms with Gasteiger partial charge in [0.1, 0.15) is 82.2 Å². The average Bonchev–Trinajstić information content (AvgIpc) is 4.26. The van der Waals surface area contributed by atoms with E-state index < -0.39 is 54.4 Å². The fraction of sp³-hybridized carbons (Fsp3) is 0.277. The number of anilines is 1. The van der Waals surface area contributed by atoms with Crippen molar-refractivity contribution in [1.82, 2.24) is 61.5 Å². The van der Waals surface area contributed by atoms with E-state index in [0.717, 1.165) is 11.3 Å². The molecule has 0 fully saturated rings. The molecule has 376 valence electrons. The maximum Gasteiger partial charge on any atom is 0.271 e. The van der Waals surface area contributed by atoms with E-state index in [2.05, 4.69) is 41.5 Å². The smallest absolute Gasteiger partial charge is 0.271 e. The Kier molecular flexibility index (Phi) is 15.5. The molecule has 0 saturated heterocycles. The number of fused-ring (bicyclic) bond motifs is 14. The minimum atomic E-state index is -1.24. The second kappa shape index (κ2) is 22.1. The molecule has 20 nitrogen and oxygen atoms in total. The van der Waals surface area contributed by atoms with Crippen LogP contribution in [0.4, 0.5) is 5.82 Å². The van der Waals surface area contributed by atoms with Crippen LogP contribution in [0, 0.1) is 12.8 Å². The van der Waals surface area contributed by atoms with Crippen LogP contribution in [0.25, 0.3) is 43.4 Å². The van der Waals surface area contributed by atoms with Gasteiger partial charge in [-0.15, -0.1) is 68.0 Å². The van der Waals surface area contributed by atoms with Crippen LogP contribution in [0.2, 0.25) is 0 Å². The van der Waals surface area contributed by atoms with Crippen molar-refractivity contribution in [2.45, 2.75) is 58.0 Å². The first-order chi connectivity index (χ1) is 35.2. The van der Waals surface area contributed by atoms with Gasteiger partial charge in [0.25, 0.3) is 17.7 Å². The van der Waals surface area contributed by atoms with Crippen LogP contribution >= 0.6 is 68.0 Å². The van der Waals surface area contributed by atoms with Gasteiger partial charge in [0, 0.05) is 46.1 Å². The normalized spacial score (nSPS) is 17.1. The Hall–Kier alpha value is -6.78. The number of aryl methyl sites for hydroxylation is 1. The summed E-state index contributed by atoms with van der Waals surface area (Å²) in [5.74, 6) is -2.64. The van der Waals surface area contributed by atoms with Crippen LogP contribution in [0.1, 0.15) is 106 Å². The number of nitrogens with one attached hydrogen (secondary N) is 5. The fourth-order valence-electron chi connectivity index (χ4n) is 7.60. The van der Waals surface area contributed by atoms with E-state index in [0.29, 0.717) is 79.5 Å². The van der Waals surface area contributed by atoms with Gasteiger partial charge >= 0.3 is 0 Å². The molecule has 5 amide bonds.